The molecule has 1 unspecified atom stereocenters. The van der Waals surface area contributed by atoms with Gasteiger partial charge in [-0.3, -0.25) is 0 Å². The Kier molecular flexibility index (Phi) is 3.74. The average molecular weight is 194 g/mol. The minimum Gasteiger partial charge on any atom is -0.395 e. The number of thioether (sulfide) groups is 1. The van der Waals surface area contributed by atoms with Crippen LogP contribution in [0.5, 0.6) is 0 Å². The van der Waals surface area contributed by atoms with Crippen molar-refractivity contribution in [3.63, 3.8) is 0 Å². The molecule has 0 aliphatic rings. The Hall–Kier alpha value is -1.05. The number of aromatic nitrogens is 1. The molecular weight excluding hydrogens is 184 g/mol. The molecule has 68 valence electrons. The van der Waals surface area contributed by atoms with E-state index in [9.17, 15) is 0 Å². The zero-order valence-electron chi connectivity index (χ0n) is 7.27. The van der Waals surface area contributed by atoms with Gasteiger partial charge in [0.05, 0.1) is 6.61 Å². The average Bonchev–Trinajstić information content (AvgIpc) is 2.19. The second kappa shape index (κ2) is 4.85. The number of pyridine rings is 1. The lowest BCUT2D eigenvalue weighted by Gasteiger charge is -2.05. The molecule has 1 heterocycles. The van der Waals surface area contributed by atoms with Gasteiger partial charge in [0.2, 0.25) is 0 Å². The Morgan fingerprint density at radius 3 is 2.92 bits per heavy atom. The first kappa shape index (κ1) is 10.0. The number of nitriles is 1. The minimum atomic E-state index is 0.144. The Morgan fingerprint density at radius 1 is 1.69 bits per heavy atom. The van der Waals surface area contributed by atoms with Crippen molar-refractivity contribution in [3.8, 4) is 6.07 Å². The summed E-state index contributed by atoms with van der Waals surface area (Å²) in [5, 5.41) is 17.5. The summed E-state index contributed by atoms with van der Waals surface area (Å²) in [7, 11) is 0. The maximum atomic E-state index is 8.80. The molecule has 4 heteroatoms. The second-order valence-electron chi connectivity index (χ2n) is 2.60. The number of aliphatic hydroxyl groups is 1. The third kappa shape index (κ3) is 3.05. The smallest absolute Gasteiger partial charge is 0.140 e. The first-order valence-corrected chi connectivity index (χ1v) is 4.78. The van der Waals surface area contributed by atoms with Gasteiger partial charge in [-0.05, 0) is 12.1 Å². The number of nitrogens with zero attached hydrogens (tertiary/aromatic N) is 2. The molecule has 0 fully saturated rings. The predicted octanol–water partition coefficient (Wildman–Crippen LogP) is 1.43. The van der Waals surface area contributed by atoms with Gasteiger partial charge in [0.1, 0.15) is 11.8 Å². The number of aliphatic hydroxyl groups excluding tert-OH is 1. The monoisotopic (exact) mass is 194 g/mol. The summed E-state index contributed by atoms with van der Waals surface area (Å²) in [5.74, 6) is 0. The molecule has 1 rings (SSSR count). The lowest BCUT2D eigenvalue weighted by atomic mass is 10.4. The maximum Gasteiger partial charge on any atom is 0.140 e. The van der Waals surface area contributed by atoms with Gasteiger partial charge in [0.25, 0.3) is 0 Å². The van der Waals surface area contributed by atoms with Gasteiger partial charge in [-0.2, -0.15) is 5.26 Å². The van der Waals surface area contributed by atoms with E-state index in [2.05, 4.69) is 4.98 Å². The third-order valence-electron chi connectivity index (χ3n) is 1.45. The molecular formula is C9H10N2OS. The molecule has 0 aliphatic carbocycles. The van der Waals surface area contributed by atoms with Crippen LogP contribution in [0.4, 0.5) is 0 Å². The van der Waals surface area contributed by atoms with Crippen LogP contribution in [-0.2, 0) is 0 Å². The normalized spacial score (nSPS) is 12.1. The van der Waals surface area contributed by atoms with Crippen LogP contribution in [0.25, 0.3) is 0 Å². The largest absolute Gasteiger partial charge is 0.395 e. The minimum absolute atomic E-state index is 0.144. The molecule has 1 aromatic heterocycles. The standard InChI is InChI=1S/C9H10N2OS/c1-7(6-12)13-9-3-2-8(4-10)11-5-9/h2-3,5,7,12H,6H2,1H3. The van der Waals surface area contributed by atoms with E-state index in [4.69, 9.17) is 10.4 Å². The van der Waals surface area contributed by atoms with E-state index < -0.39 is 0 Å². The van der Waals surface area contributed by atoms with Crippen molar-refractivity contribution in [1.82, 2.24) is 4.98 Å². The fourth-order valence-corrected chi connectivity index (χ4v) is 1.59. The summed E-state index contributed by atoms with van der Waals surface area (Å²) in [6.07, 6.45) is 1.65. The van der Waals surface area contributed by atoms with Crippen LogP contribution in [0.1, 0.15) is 12.6 Å². The van der Waals surface area contributed by atoms with E-state index in [1.54, 1.807) is 24.0 Å². The molecule has 0 aliphatic heterocycles. The van der Waals surface area contributed by atoms with Gasteiger partial charge in [-0.1, -0.05) is 6.92 Å². The van der Waals surface area contributed by atoms with Gasteiger partial charge in [0, 0.05) is 16.3 Å². The molecule has 0 saturated carbocycles. The molecule has 13 heavy (non-hydrogen) atoms. The van der Waals surface area contributed by atoms with Crippen molar-refractivity contribution in [2.45, 2.75) is 17.1 Å². The van der Waals surface area contributed by atoms with E-state index in [1.807, 2.05) is 19.1 Å². The van der Waals surface area contributed by atoms with Crippen molar-refractivity contribution in [2.75, 3.05) is 6.61 Å². The summed E-state index contributed by atoms with van der Waals surface area (Å²) in [6, 6.07) is 5.46. The highest BCUT2D eigenvalue weighted by molar-refractivity contribution is 8.00. The second-order valence-corrected chi connectivity index (χ2v) is 4.11. The fraction of sp³-hybridized carbons (Fsp3) is 0.333. The van der Waals surface area contributed by atoms with Crippen molar-refractivity contribution in [1.29, 1.82) is 5.26 Å². The quantitative estimate of drug-likeness (QED) is 0.739. The van der Waals surface area contributed by atoms with E-state index in [0.717, 1.165) is 4.90 Å². The van der Waals surface area contributed by atoms with Crippen LogP contribution in [0.2, 0.25) is 0 Å². The van der Waals surface area contributed by atoms with Crippen LogP contribution in [0.15, 0.2) is 23.2 Å². The van der Waals surface area contributed by atoms with E-state index in [0.29, 0.717) is 5.69 Å². The lowest BCUT2D eigenvalue weighted by Crippen LogP contribution is -2.01. The van der Waals surface area contributed by atoms with Crippen molar-refractivity contribution >= 4 is 11.8 Å². The summed E-state index contributed by atoms with van der Waals surface area (Å²) in [5.41, 5.74) is 0.418. The Balaban J connectivity index is 2.65. The van der Waals surface area contributed by atoms with E-state index in [-0.39, 0.29) is 11.9 Å². The molecule has 0 radical (unpaired) electrons. The summed E-state index contributed by atoms with van der Waals surface area (Å²) >= 11 is 1.54. The highest BCUT2D eigenvalue weighted by Crippen LogP contribution is 2.21. The summed E-state index contributed by atoms with van der Waals surface area (Å²) < 4.78 is 0. The van der Waals surface area contributed by atoms with Gasteiger partial charge in [-0.15, -0.1) is 11.8 Å². The molecule has 0 bridgehead atoms. The Morgan fingerprint density at radius 2 is 2.46 bits per heavy atom. The van der Waals surface area contributed by atoms with Crippen molar-refractivity contribution in [2.24, 2.45) is 0 Å². The Bertz CT molecular complexity index is 304. The highest BCUT2D eigenvalue weighted by atomic mass is 32.2. The third-order valence-corrected chi connectivity index (χ3v) is 2.51. The molecule has 3 nitrogen and oxygen atoms in total. The predicted molar refractivity (Wildman–Crippen MR) is 51.4 cm³/mol. The lowest BCUT2D eigenvalue weighted by molar-refractivity contribution is 0.300. The maximum absolute atomic E-state index is 8.80. The van der Waals surface area contributed by atoms with Gasteiger partial charge >= 0.3 is 0 Å². The van der Waals surface area contributed by atoms with Gasteiger partial charge in [0.15, 0.2) is 0 Å². The first-order chi connectivity index (χ1) is 6.26. The van der Waals surface area contributed by atoms with Crippen LogP contribution in [0.3, 0.4) is 0 Å². The molecule has 1 aromatic rings. The highest BCUT2D eigenvalue weighted by Gasteiger charge is 2.02. The molecule has 0 spiro atoms. The van der Waals surface area contributed by atoms with E-state index >= 15 is 0 Å². The summed E-state index contributed by atoms with van der Waals surface area (Å²) in [4.78, 5) is 4.89. The first-order valence-electron chi connectivity index (χ1n) is 3.90. The van der Waals surface area contributed by atoms with E-state index in [1.165, 1.54) is 0 Å². The zero-order valence-corrected chi connectivity index (χ0v) is 8.08. The van der Waals surface area contributed by atoms with Crippen molar-refractivity contribution in [3.05, 3.63) is 24.0 Å². The number of hydrogen-bond donors (Lipinski definition) is 1. The van der Waals surface area contributed by atoms with Crippen LogP contribution < -0.4 is 0 Å². The molecule has 0 saturated heterocycles. The molecule has 1 atom stereocenters. The fourth-order valence-electron chi connectivity index (χ4n) is 0.786. The zero-order chi connectivity index (χ0) is 9.68. The molecule has 1 N–H and O–H groups in total. The van der Waals surface area contributed by atoms with Crippen LogP contribution >= 0.6 is 11.8 Å². The topological polar surface area (TPSA) is 56.9 Å². The summed E-state index contributed by atoms with van der Waals surface area (Å²) in [6.45, 7) is 2.08. The SMILES string of the molecule is CC(CO)Sc1ccc(C#N)nc1. The number of rotatable bonds is 3. The van der Waals surface area contributed by atoms with Crippen molar-refractivity contribution < 1.29 is 5.11 Å². The molecule has 0 aromatic carbocycles. The van der Waals surface area contributed by atoms with Gasteiger partial charge in [-0.25, -0.2) is 4.98 Å². The number of hydrogen-bond acceptors (Lipinski definition) is 4. The Labute approximate surface area is 81.4 Å². The van der Waals surface area contributed by atoms with Gasteiger partial charge < -0.3 is 5.11 Å². The van der Waals surface area contributed by atoms with Crippen LogP contribution in [-0.4, -0.2) is 21.9 Å². The van der Waals surface area contributed by atoms with Crippen LogP contribution in [0, 0.1) is 11.3 Å². The molecule has 0 amide bonds.